The van der Waals surface area contributed by atoms with Gasteiger partial charge in [0.25, 0.3) is 0 Å². The third-order valence-corrected chi connectivity index (χ3v) is 5.83. The van der Waals surface area contributed by atoms with E-state index in [0.717, 1.165) is 29.7 Å². The first kappa shape index (κ1) is 18.5. The van der Waals surface area contributed by atoms with Crippen molar-refractivity contribution in [1.29, 1.82) is 0 Å². The molecule has 0 saturated carbocycles. The van der Waals surface area contributed by atoms with E-state index in [1.807, 2.05) is 48.2 Å². The summed E-state index contributed by atoms with van der Waals surface area (Å²) in [4.78, 5) is 28.3. The van der Waals surface area contributed by atoms with Gasteiger partial charge in [-0.15, -0.1) is 0 Å². The van der Waals surface area contributed by atoms with E-state index < -0.39 is 17.8 Å². The normalized spacial score (nSPS) is 23.2. The van der Waals surface area contributed by atoms with Crippen LogP contribution < -0.4 is 9.64 Å². The Hall–Kier alpha value is -2.82. The highest BCUT2D eigenvalue weighted by Crippen LogP contribution is 2.48. The van der Waals surface area contributed by atoms with Crippen molar-refractivity contribution < 1.29 is 19.1 Å². The van der Waals surface area contributed by atoms with Gasteiger partial charge in [-0.3, -0.25) is 9.59 Å². The van der Waals surface area contributed by atoms with Gasteiger partial charge in [0.05, 0.1) is 19.4 Å². The molecule has 2 aliphatic heterocycles. The zero-order valence-electron chi connectivity index (χ0n) is 16.5. The van der Waals surface area contributed by atoms with Gasteiger partial charge in [0, 0.05) is 12.0 Å². The van der Waals surface area contributed by atoms with Crippen LogP contribution in [0.3, 0.4) is 0 Å². The molecule has 3 unspecified atom stereocenters. The number of amides is 1. The highest BCUT2D eigenvalue weighted by molar-refractivity contribution is 6.11. The van der Waals surface area contributed by atoms with Crippen molar-refractivity contribution in [1.82, 2.24) is 0 Å². The zero-order chi connectivity index (χ0) is 19.8. The van der Waals surface area contributed by atoms with Crippen LogP contribution in [0.15, 0.2) is 42.5 Å². The lowest BCUT2D eigenvalue weighted by Crippen LogP contribution is -2.52. The highest BCUT2D eigenvalue weighted by Gasteiger charge is 2.49. The van der Waals surface area contributed by atoms with Crippen molar-refractivity contribution in [3.63, 3.8) is 0 Å². The van der Waals surface area contributed by atoms with Crippen LogP contribution in [0, 0.1) is 5.92 Å². The van der Waals surface area contributed by atoms with Crippen LogP contribution in [-0.4, -0.2) is 31.6 Å². The van der Waals surface area contributed by atoms with E-state index in [-0.39, 0.29) is 18.6 Å². The average Bonchev–Trinajstić information content (AvgIpc) is 2.71. The Bertz CT molecular complexity index is 923. The molecule has 5 nitrogen and oxygen atoms in total. The summed E-state index contributed by atoms with van der Waals surface area (Å²) >= 11 is 0. The topological polar surface area (TPSA) is 55.8 Å². The number of hydrogen-bond acceptors (Lipinski definition) is 4. The maximum absolute atomic E-state index is 13.6. The summed E-state index contributed by atoms with van der Waals surface area (Å²) in [5.74, 6) is -1.21. The summed E-state index contributed by atoms with van der Waals surface area (Å²) in [6.07, 6.45) is 1.82. The molecule has 0 bridgehead atoms. The Kier molecular flexibility index (Phi) is 4.84. The molecule has 2 heterocycles. The molecule has 1 amide bonds. The molecule has 0 aliphatic carbocycles. The Labute approximate surface area is 165 Å². The fraction of sp³-hybridized carbons (Fsp3) is 0.391. The molecule has 0 saturated heterocycles. The number of benzene rings is 2. The van der Waals surface area contributed by atoms with Gasteiger partial charge in [0.15, 0.2) is 0 Å². The van der Waals surface area contributed by atoms with Gasteiger partial charge >= 0.3 is 5.97 Å². The van der Waals surface area contributed by atoms with E-state index in [0.29, 0.717) is 5.75 Å². The van der Waals surface area contributed by atoms with Crippen LogP contribution in [0.2, 0.25) is 0 Å². The maximum Gasteiger partial charge on any atom is 0.319 e. The molecule has 28 heavy (non-hydrogen) atoms. The molecule has 0 radical (unpaired) electrons. The molecular formula is C23H25NO4. The minimum absolute atomic E-state index is 0.0596. The summed E-state index contributed by atoms with van der Waals surface area (Å²) in [5, 5.41) is 0. The van der Waals surface area contributed by atoms with Gasteiger partial charge in [-0.05, 0) is 55.5 Å². The lowest BCUT2D eigenvalue weighted by atomic mass is 9.73. The average molecular weight is 379 g/mol. The number of hydrogen-bond donors (Lipinski definition) is 0. The van der Waals surface area contributed by atoms with Gasteiger partial charge < -0.3 is 14.4 Å². The number of esters is 1. The number of ether oxygens (including phenoxy) is 2. The van der Waals surface area contributed by atoms with Crippen LogP contribution in [0.1, 0.15) is 42.9 Å². The number of nitrogens with zero attached hydrogens (tertiary/aromatic N) is 1. The number of anilines is 1. The number of para-hydroxylation sites is 1. The summed E-state index contributed by atoms with van der Waals surface area (Å²) in [6, 6.07) is 13.8. The number of carbonyl (C=O) groups excluding carboxylic acids is 2. The first-order valence-electron chi connectivity index (χ1n) is 9.82. The fourth-order valence-electron chi connectivity index (χ4n) is 4.55. The predicted molar refractivity (Wildman–Crippen MR) is 107 cm³/mol. The SMILES string of the molecule is CCOC(=O)C1C(=O)N2c3c(cccc3C1c1cccc(OC)c1)CCC2C. The van der Waals surface area contributed by atoms with Crippen LogP contribution in [0.4, 0.5) is 5.69 Å². The second-order valence-electron chi connectivity index (χ2n) is 7.43. The molecule has 146 valence electrons. The van der Waals surface area contributed by atoms with Crippen molar-refractivity contribution in [2.24, 2.45) is 5.92 Å². The lowest BCUT2D eigenvalue weighted by Gasteiger charge is -2.45. The molecule has 4 rings (SSSR count). The molecule has 2 aromatic rings. The Morgan fingerprint density at radius 2 is 2.00 bits per heavy atom. The van der Waals surface area contributed by atoms with E-state index in [1.54, 1.807) is 14.0 Å². The minimum atomic E-state index is -0.893. The summed E-state index contributed by atoms with van der Waals surface area (Å²) in [5.41, 5.74) is 4.03. The number of methoxy groups -OCH3 is 1. The van der Waals surface area contributed by atoms with Crippen molar-refractivity contribution in [2.45, 2.75) is 38.6 Å². The molecule has 2 aromatic carbocycles. The van der Waals surface area contributed by atoms with Crippen molar-refractivity contribution in [3.8, 4) is 5.75 Å². The monoisotopic (exact) mass is 379 g/mol. The molecule has 2 aliphatic rings. The van der Waals surface area contributed by atoms with E-state index in [1.165, 1.54) is 5.56 Å². The second kappa shape index (κ2) is 7.30. The van der Waals surface area contributed by atoms with Crippen molar-refractivity contribution >= 4 is 17.6 Å². The maximum atomic E-state index is 13.6. The molecule has 0 spiro atoms. The molecule has 3 atom stereocenters. The van der Waals surface area contributed by atoms with Gasteiger partial charge in [0.1, 0.15) is 11.7 Å². The van der Waals surface area contributed by atoms with E-state index in [4.69, 9.17) is 9.47 Å². The number of carbonyl (C=O) groups is 2. The Morgan fingerprint density at radius 1 is 1.21 bits per heavy atom. The molecule has 0 aromatic heterocycles. The highest BCUT2D eigenvalue weighted by atomic mass is 16.5. The third kappa shape index (κ3) is 2.86. The zero-order valence-corrected chi connectivity index (χ0v) is 16.5. The van der Waals surface area contributed by atoms with Gasteiger partial charge in [-0.25, -0.2) is 0 Å². The minimum Gasteiger partial charge on any atom is -0.497 e. The number of rotatable bonds is 4. The molecule has 5 heteroatoms. The third-order valence-electron chi connectivity index (χ3n) is 5.83. The van der Waals surface area contributed by atoms with Crippen molar-refractivity contribution in [2.75, 3.05) is 18.6 Å². The molecular weight excluding hydrogens is 354 g/mol. The van der Waals surface area contributed by atoms with Gasteiger partial charge in [-0.1, -0.05) is 30.3 Å². The van der Waals surface area contributed by atoms with Crippen molar-refractivity contribution in [3.05, 3.63) is 59.2 Å². The second-order valence-corrected chi connectivity index (χ2v) is 7.43. The Balaban J connectivity index is 1.95. The van der Waals surface area contributed by atoms with Gasteiger partial charge in [0.2, 0.25) is 5.91 Å². The first-order valence-corrected chi connectivity index (χ1v) is 9.82. The van der Waals surface area contributed by atoms with Crippen LogP contribution in [0.25, 0.3) is 0 Å². The van der Waals surface area contributed by atoms with Gasteiger partial charge in [-0.2, -0.15) is 0 Å². The quantitative estimate of drug-likeness (QED) is 0.601. The smallest absolute Gasteiger partial charge is 0.319 e. The summed E-state index contributed by atoms with van der Waals surface area (Å²) < 4.78 is 10.7. The van der Waals surface area contributed by atoms with E-state index >= 15 is 0 Å². The van der Waals surface area contributed by atoms with E-state index in [9.17, 15) is 9.59 Å². The van der Waals surface area contributed by atoms with Crippen LogP contribution in [-0.2, 0) is 20.7 Å². The Morgan fingerprint density at radius 3 is 2.75 bits per heavy atom. The lowest BCUT2D eigenvalue weighted by molar-refractivity contribution is -0.152. The largest absolute Gasteiger partial charge is 0.497 e. The predicted octanol–water partition coefficient (Wildman–Crippen LogP) is 3.69. The van der Waals surface area contributed by atoms with Crippen LogP contribution in [0.5, 0.6) is 5.75 Å². The van der Waals surface area contributed by atoms with E-state index in [2.05, 4.69) is 6.07 Å². The standard InChI is InChI=1S/C23H25NO4/c1-4-28-23(26)20-19(16-8-5-9-17(13-16)27-3)18-10-6-7-15-12-11-14(2)24(21(15)18)22(20)25/h5-10,13-14,19-20H,4,11-12H2,1-3H3. The fourth-order valence-corrected chi connectivity index (χ4v) is 4.55. The van der Waals surface area contributed by atoms with Crippen LogP contribution >= 0.6 is 0 Å². The number of aryl methyl sites for hydroxylation is 1. The molecule has 0 fully saturated rings. The first-order chi connectivity index (χ1) is 13.6. The molecule has 0 N–H and O–H groups in total. The summed E-state index contributed by atoms with van der Waals surface area (Å²) in [7, 11) is 1.61. The summed E-state index contributed by atoms with van der Waals surface area (Å²) in [6.45, 7) is 4.06.